The normalized spacial score (nSPS) is 23.7. The van der Waals surface area contributed by atoms with E-state index in [1.807, 2.05) is 11.8 Å². The first kappa shape index (κ1) is 13.9. The summed E-state index contributed by atoms with van der Waals surface area (Å²) in [5.41, 5.74) is 0.629. The lowest BCUT2D eigenvalue weighted by Crippen LogP contribution is -2.39. The van der Waals surface area contributed by atoms with Gasteiger partial charge in [0.05, 0.1) is 5.56 Å². The third kappa shape index (κ3) is 3.72. The smallest absolute Gasteiger partial charge is 0.253 e. The van der Waals surface area contributed by atoms with E-state index in [1.54, 1.807) is 18.3 Å². The number of amides is 1. The van der Waals surface area contributed by atoms with E-state index in [-0.39, 0.29) is 5.91 Å². The van der Waals surface area contributed by atoms with Crippen molar-refractivity contribution in [2.75, 3.05) is 6.26 Å². The molecule has 1 saturated carbocycles. The zero-order valence-corrected chi connectivity index (χ0v) is 12.8. The SMILES string of the molecule is CSC1CCCC(NC(=O)c2ccc(Br)nc2)C1. The van der Waals surface area contributed by atoms with Crippen LogP contribution in [0.25, 0.3) is 0 Å². The molecule has 0 spiro atoms. The van der Waals surface area contributed by atoms with Crippen LogP contribution in [-0.2, 0) is 0 Å². The van der Waals surface area contributed by atoms with E-state index in [0.29, 0.717) is 16.9 Å². The molecule has 1 fully saturated rings. The van der Waals surface area contributed by atoms with E-state index in [2.05, 4.69) is 32.5 Å². The van der Waals surface area contributed by atoms with Gasteiger partial charge in [-0.15, -0.1) is 0 Å². The molecule has 1 aromatic heterocycles. The van der Waals surface area contributed by atoms with Crippen LogP contribution in [0.1, 0.15) is 36.0 Å². The van der Waals surface area contributed by atoms with Crippen LogP contribution >= 0.6 is 27.7 Å². The Balaban J connectivity index is 1.92. The van der Waals surface area contributed by atoms with E-state index in [0.717, 1.165) is 17.4 Å². The highest BCUT2D eigenvalue weighted by Crippen LogP contribution is 2.27. The summed E-state index contributed by atoms with van der Waals surface area (Å²) in [6, 6.07) is 3.90. The second-order valence-corrected chi connectivity index (χ2v) is 6.51. The summed E-state index contributed by atoms with van der Waals surface area (Å²) in [5, 5.41) is 3.80. The summed E-state index contributed by atoms with van der Waals surface area (Å²) in [4.78, 5) is 16.1. The van der Waals surface area contributed by atoms with E-state index < -0.39 is 0 Å². The van der Waals surface area contributed by atoms with Crippen LogP contribution in [0.3, 0.4) is 0 Å². The minimum atomic E-state index is -0.0123. The predicted octanol–water partition coefficient (Wildman–Crippen LogP) is 3.25. The molecule has 1 aliphatic carbocycles. The molecule has 1 aliphatic rings. The van der Waals surface area contributed by atoms with Crippen LogP contribution in [0.15, 0.2) is 22.9 Å². The van der Waals surface area contributed by atoms with E-state index >= 15 is 0 Å². The molecular weight excluding hydrogens is 312 g/mol. The summed E-state index contributed by atoms with van der Waals surface area (Å²) in [6.07, 6.45) is 8.40. The van der Waals surface area contributed by atoms with Gasteiger partial charge in [0, 0.05) is 17.5 Å². The largest absolute Gasteiger partial charge is 0.349 e. The molecule has 0 bridgehead atoms. The molecule has 0 aromatic carbocycles. The van der Waals surface area contributed by atoms with Crippen LogP contribution in [0.5, 0.6) is 0 Å². The van der Waals surface area contributed by atoms with E-state index in [1.165, 1.54) is 12.8 Å². The quantitative estimate of drug-likeness (QED) is 0.866. The summed E-state index contributed by atoms with van der Waals surface area (Å²) in [7, 11) is 0. The van der Waals surface area contributed by atoms with Crippen molar-refractivity contribution in [3.05, 3.63) is 28.5 Å². The molecule has 0 saturated heterocycles. The average molecular weight is 329 g/mol. The van der Waals surface area contributed by atoms with Crippen molar-refractivity contribution in [2.24, 2.45) is 0 Å². The number of hydrogen-bond acceptors (Lipinski definition) is 3. The van der Waals surface area contributed by atoms with Gasteiger partial charge in [0.25, 0.3) is 5.91 Å². The Bertz CT molecular complexity index is 410. The number of carbonyl (C=O) groups excluding carboxylic acids is 1. The summed E-state index contributed by atoms with van der Waals surface area (Å²) >= 11 is 5.17. The molecule has 1 N–H and O–H groups in total. The predicted molar refractivity (Wildman–Crippen MR) is 79.0 cm³/mol. The molecule has 2 rings (SSSR count). The number of aromatic nitrogens is 1. The van der Waals surface area contributed by atoms with Crippen molar-refractivity contribution in [1.29, 1.82) is 0 Å². The molecule has 0 radical (unpaired) electrons. The van der Waals surface area contributed by atoms with Crippen LogP contribution in [-0.4, -0.2) is 28.4 Å². The zero-order chi connectivity index (χ0) is 13.0. The molecule has 1 heterocycles. The Morgan fingerprint density at radius 2 is 2.33 bits per heavy atom. The van der Waals surface area contributed by atoms with Crippen LogP contribution in [0, 0.1) is 0 Å². The van der Waals surface area contributed by atoms with E-state index in [9.17, 15) is 4.79 Å². The van der Waals surface area contributed by atoms with Gasteiger partial charge in [0.2, 0.25) is 0 Å². The van der Waals surface area contributed by atoms with Crippen molar-refractivity contribution in [3.8, 4) is 0 Å². The van der Waals surface area contributed by atoms with Gasteiger partial charge in [-0.3, -0.25) is 4.79 Å². The van der Waals surface area contributed by atoms with Gasteiger partial charge in [-0.25, -0.2) is 4.98 Å². The Labute approximate surface area is 120 Å². The fourth-order valence-corrected chi connectivity index (χ4v) is 3.33. The highest BCUT2D eigenvalue weighted by molar-refractivity contribution is 9.10. The first-order valence-electron chi connectivity index (χ1n) is 6.14. The lowest BCUT2D eigenvalue weighted by atomic mass is 9.95. The molecule has 3 nitrogen and oxygen atoms in total. The lowest BCUT2D eigenvalue weighted by Gasteiger charge is -2.28. The lowest BCUT2D eigenvalue weighted by molar-refractivity contribution is 0.0928. The third-order valence-electron chi connectivity index (χ3n) is 3.28. The van der Waals surface area contributed by atoms with Gasteiger partial charge >= 0.3 is 0 Å². The van der Waals surface area contributed by atoms with Crippen molar-refractivity contribution in [1.82, 2.24) is 10.3 Å². The second-order valence-electron chi connectivity index (χ2n) is 4.56. The number of hydrogen-bond donors (Lipinski definition) is 1. The molecule has 98 valence electrons. The van der Waals surface area contributed by atoms with Gasteiger partial charge in [0.15, 0.2) is 0 Å². The number of nitrogens with one attached hydrogen (secondary N) is 1. The highest BCUT2D eigenvalue weighted by atomic mass is 79.9. The zero-order valence-electron chi connectivity index (χ0n) is 10.4. The van der Waals surface area contributed by atoms with Crippen molar-refractivity contribution in [3.63, 3.8) is 0 Å². The van der Waals surface area contributed by atoms with Gasteiger partial charge in [-0.1, -0.05) is 6.42 Å². The molecule has 5 heteroatoms. The molecule has 1 amide bonds. The van der Waals surface area contributed by atoms with Crippen molar-refractivity contribution in [2.45, 2.75) is 37.0 Å². The van der Waals surface area contributed by atoms with Crippen LogP contribution < -0.4 is 5.32 Å². The van der Waals surface area contributed by atoms with E-state index in [4.69, 9.17) is 0 Å². The first-order chi connectivity index (χ1) is 8.69. The third-order valence-corrected chi connectivity index (χ3v) is 4.85. The molecule has 2 unspecified atom stereocenters. The van der Waals surface area contributed by atoms with Crippen molar-refractivity contribution >= 4 is 33.6 Å². The molecular formula is C13H17BrN2OS. The van der Waals surface area contributed by atoms with Gasteiger partial charge in [-0.05, 0) is 53.6 Å². The number of rotatable bonds is 3. The van der Waals surface area contributed by atoms with Crippen molar-refractivity contribution < 1.29 is 4.79 Å². The minimum absolute atomic E-state index is 0.0123. The highest BCUT2D eigenvalue weighted by Gasteiger charge is 2.22. The molecule has 0 aliphatic heterocycles. The number of thioether (sulfide) groups is 1. The maximum Gasteiger partial charge on any atom is 0.253 e. The van der Waals surface area contributed by atoms with Gasteiger partial charge in [-0.2, -0.15) is 11.8 Å². The summed E-state index contributed by atoms with van der Waals surface area (Å²) in [5.74, 6) is -0.0123. The topological polar surface area (TPSA) is 42.0 Å². The van der Waals surface area contributed by atoms with Gasteiger partial charge < -0.3 is 5.32 Å². The Morgan fingerprint density at radius 1 is 1.50 bits per heavy atom. The summed E-state index contributed by atoms with van der Waals surface area (Å²) < 4.78 is 0.749. The van der Waals surface area contributed by atoms with Gasteiger partial charge in [0.1, 0.15) is 4.60 Å². The first-order valence-corrected chi connectivity index (χ1v) is 8.22. The molecule has 2 atom stereocenters. The number of halogens is 1. The van der Waals surface area contributed by atoms with Crippen LogP contribution in [0.2, 0.25) is 0 Å². The number of nitrogens with zero attached hydrogens (tertiary/aromatic N) is 1. The maximum atomic E-state index is 12.0. The fraction of sp³-hybridized carbons (Fsp3) is 0.538. The van der Waals surface area contributed by atoms with Crippen LogP contribution in [0.4, 0.5) is 0 Å². The average Bonchev–Trinajstić information content (AvgIpc) is 2.39. The summed E-state index contributed by atoms with van der Waals surface area (Å²) in [6.45, 7) is 0. The number of pyridine rings is 1. The molecule has 1 aromatic rings. The maximum absolute atomic E-state index is 12.0. The molecule has 18 heavy (non-hydrogen) atoms. The fourth-order valence-electron chi connectivity index (χ4n) is 2.27. The Hall–Kier alpha value is -0.550. The minimum Gasteiger partial charge on any atom is -0.349 e. The standard InChI is InChI=1S/C13H17BrN2OS/c1-18-11-4-2-3-10(7-11)16-13(17)9-5-6-12(14)15-8-9/h5-6,8,10-11H,2-4,7H2,1H3,(H,16,17). The second kappa shape index (κ2) is 6.57. The Kier molecular flexibility index (Phi) is 5.06. The monoisotopic (exact) mass is 328 g/mol. The Morgan fingerprint density at radius 3 is 3.00 bits per heavy atom. The number of carbonyl (C=O) groups is 1.